The van der Waals surface area contributed by atoms with E-state index in [9.17, 15) is 0 Å². The third-order valence-corrected chi connectivity index (χ3v) is 3.03. The second kappa shape index (κ2) is 3.73. The van der Waals surface area contributed by atoms with Crippen molar-refractivity contribution >= 4 is 18.2 Å². The summed E-state index contributed by atoms with van der Waals surface area (Å²) in [5.41, 5.74) is 5.94. The topological polar surface area (TPSA) is 59.6 Å². The Balaban J connectivity index is 2.85. The summed E-state index contributed by atoms with van der Waals surface area (Å²) in [5.74, 6) is 0.959. The quantitative estimate of drug-likeness (QED) is 0.742. The van der Waals surface area contributed by atoms with Crippen LogP contribution in [-0.2, 0) is 6.54 Å². The maximum atomic E-state index is 5.69. The molecule has 0 aromatic carbocycles. The fraction of sp³-hybridized carbons (Fsp3) is 0.778. The van der Waals surface area contributed by atoms with Crippen LogP contribution in [0.15, 0.2) is 0 Å². The van der Waals surface area contributed by atoms with Gasteiger partial charge in [-0.05, 0) is 23.6 Å². The molecule has 1 aromatic heterocycles. The predicted octanol–water partition coefficient (Wildman–Crippen LogP) is 2.21. The highest BCUT2D eigenvalue weighted by atomic mass is 32.1. The highest BCUT2D eigenvalue weighted by molar-refractivity contribution is 7.71. The molecule has 0 aliphatic heterocycles. The van der Waals surface area contributed by atoms with Gasteiger partial charge in [-0.15, -0.1) is 5.10 Å². The summed E-state index contributed by atoms with van der Waals surface area (Å²) in [6.45, 7) is 9.62. The lowest BCUT2D eigenvalue weighted by atomic mass is 9.82. The lowest BCUT2D eigenvalue weighted by Gasteiger charge is -2.27. The van der Waals surface area contributed by atoms with Crippen LogP contribution in [0.3, 0.4) is 0 Å². The standard InChI is InChI=1S/C9H18N4S/c1-6(9(2,3)4)5-13-7(10)11-12-8(13)14/h6H,5H2,1-4H3,(H2,10,11)(H,12,14). The Hall–Kier alpha value is -0.840. The van der Waals surface area contributed by atoms with Gasteiger partial charge in [-0.3, -0.25) is 4.57 Å². The Kier molecular flexibility index (Phi) is 2.99. The monoisotopic (exact) mass is 214 g/mol. The normalized spacial score (nSPS) is 14.3. The highest BCUT2D eigenvalue weighted by Gasteiger charge is 2.21. The third-order valence-electron chi connectivity index (χ3n) is 2.72. The minimum Gasteiger partial charge on any atom is -0.368 e. The van der Waals surface area contributed by atoms with Crippen LogP contribution in [0, 0.1) is 16.1 Å². The fourth-order valence-electron chi connectivity index (χ4n) is 1.05. The molecule has 1 atom stereocenters. The van der Waals surface area contributed by atoms with E-state index in [1.807, 2.05) is 4.57 Å². The minimum atomic E-state index is 0.248. The van der Waals surface area contributed by atoms with Crippen LogP contribution in [0.2, 0.25) is 0 Å². The van der Waals surface area contributed by atoms with Gasteiger partial charge >= 0.3 is 0 Å². The molecule has 0 aliphatic carbocycles. The maximum absolute atomic E-state index is 5.69. The molecule has 0 saturated carbocycles. The van der Waals surface area contributed by atoms with E-state index in [2.05, 4.69) is 37.9 Å². The molecule has 5 heteroatoms. The molecular weight excluding hydrogens is 196 g/mol. The molecule has 0 saturated heterocycles. The van der Waals surface area contributed by atoms with Gasteiger partial charge in [0, 0.05) is 6.54 Å². The molecule has 3 N–H and O–H groups in total. The van der Waals surface area contributed by atoms with Crippen LogP contribution in [-0.4, -0.2) is 14.8 Å². The molecule has 0 radical (unpaired) electrons. The summed E-state index contributed by atoms with van der Waals surface area (Å²) >= 11 is 5.08. The number of nitrogens with zero attached hydrogens (tertiary/aromatic N) is 2. The van der Waals surface area contributed by atoms with Crippen molar-refractivity contribution in [3.05, 3.63) is 4.77 Å². The smallest absolute Gasteiger partial charge is 0.220 e. The molecule has 0 aliphatic rings. The Labute approximate surface area is 89.5 Å². The van der Waals surface area contributed by atoms with E-state index < -0.39 is 0 Å². The maximum Gasteiger partial charge on any atom is 0.220 e. The lowest BCUT2D eigenvalue weighted by Crippen LogP contribution is -2.23. The first-order valence-electron chi connectivity index (χ1n) is 4.73. The van der Waals surface area contributed by atoms with Gasteiger partial charge in [-0.1, -0.05) is 27.7 Å². The van der Waals surface area contributed by atoms with Gasteiger partial charge in [0.25, 0.3) is 0 Å². The zero-order valence-corrected chi connectivity index (χ0v) is 9.98. The summed E-state index contributed by atoms with van der Waals surface area (Å²) in [6, 6.07) is 0. The van der Waals surface area contributed by atoms with E-state index in [1.54, 1.807) is 0 Å². The first-order valence-corrected chi connectivity index (χ1v) is 5.14. The van der Waals surface area contributed by atoms with Gasteiger partial charge in [0.1, 0.15) is 0 Å². The molecule has 14 heavy (non-hydrogen) atoms. The van der Waals surface area contributed by atoms with E-state index in [0.29, 0.717) is 16.6 Å². The Morgan fingerprint density at radius 3 is 2.50 bits per heavy atom. The molecule has 1 rings (SSSR count). The number of nitrogens with two attached hydrogens (primary N) is 1. The molecule has 0 spiro atoms. The molecule has 4 nitrogen and oxygen atoms in total. The molecule has 0 amide bonds. The number of anilines is 1. The largest absolute Gasteiger partial charge is 0.368 e. The molecule has 1 heterocycles. The zero-order chi connectivity index (χ0) is 10.9. The van der Waals surface area contributed by atoms with Crippen molar-refractivity contribution in [3.8, 4) is 0 Å². The van der Waals surface area contributed by atoms with E-state index >= 15 is 0 Å². The van der Waals surface area contributed by atoms with E-state index in [4.69, 9.17) is 18.0 Å². The lowest BCUT2D eigenvalue weighted by molar-refractivity contribution is 0.233. The average Bonchev–Trinajstić information content (AvgIpc) is 2.34. The van der Waals surface area contributed by atoms with Gasteiger partial charge in [0.2, 0.25) is 5.95 Å². The highest BCUT2D eigenvalue weighted by Crippen LogP contribution is 2.27. The third kappa shape index (κ3) is 2.35. The van der Waals surface area contributed by atoms with Crippen LogP contribution >= 0.6 is 12.2 Å². The molecule has 1 unspecified atom stereocenters. The molecule has 80 valence electrons. The van der Waals surface area contributed by atoms with Gasteiger partial charge in [0.05, 0.1) is 0 Å². The second-order valence-corrected chi connectivity index (χ2v) is 5.15. The number of aromatic amines is 1. The average molecular weight is 214 g/mol. The van der Waals surface area contributed by atoms with Crippen molar-refractivity contribution in [2.45, 2.75) is 34.2 Å². The second-order valence-electron chi connectivity index (χ2n) is 4.76. The summed E-state index contributed by atoms with van der Waals surface area (Å²) in [6.07, 6.45) is 0. The molecular formula is C9H18N4S. The summed E-state index contributed by atoms with van der Waals surface area (Å²) in [7, 11) is 0. The van der Waals surface area contributed by atoms with E-state index in [1.165, 1.54) is 0 Å². The van der Waals surface area contributed by atoms with E-state index in [-0.39, 0.29) is 5.41 Å². The first kappa shape index (κ1) is 11.2. The van der Waals surface area contributed by atoms with Crippen LogP contribution < -0.4 is 5.73 Å². The van der Waals surface area contributed by atoms with Crippen LogP contribution in [0.5, 0.6) is 0 Å². The van der Waals surface area contributed by atoms with Crippen molar-refractivity contribution in [1.29, 1.82) is 0 Å². The number of nitrogen functional groups attached to an aromatic ring is 1. The molecule has 0 bridgehead atoms. The Morgan fingerprint density at radius 2 is 2.14 bits per heavy atom. The number of aromatic nitrogens is 3. The Morgan fingerprint density at radius 1 is 1.57 bits per heavy atom. The summed E-state index contributed by atoms with van der Waals surface area (Å²) in [4.78, 5) is 0. The van der Waals surface area contributed by atoms with Crippen LogP contribution in [0.1, 0.15) is 27.7 Å². The SMILES string of the molecule is CC(Cn1c(N)n[nH]c1=S)C(C)(C)C. The van der Waals surface area contributed by atoms with Gasteiger partial charge in [-0.2, -0.15) is 0 Å². The van der Waals surface area contributed by atoms with E-state index in [0.717, 1.165) is 6.54 Å². The number of rotatable bonds is 2. The van der Waals surface area contributed by atoms with Crippen molar-refractivity contribution in [1.82, 2.24) is 14.8 Å². The molecule has 1 aromatic rings. The Bertz CT molecular complexity index is 358. The minimum absolute atomic E-state index is 0.248. The van der Waals surface area contributed by atoms with Crippen molar-refractivity contribution in [2.24, 2.45) is 11.3 Å². The fourth-order valence-corrected chi connectivity index (χ4v) is 1.27. The van der Waals surface area contributed by atoms with Crippen molar-refractivity contribution < 1.29 is 0 Å². The van der Waals surface area contributed by atoms with Crippen molar-refractivity contribution in [2.75, 3.05) is 5.73 Å². The zero-order valence-electron chi connectivity index (χ0n) is 9.16. The summed E-state index contributed by atoms with van der Waals surface area (Å²) < 4.78 is 2.43. The number of H-pyrrole nitrogens is 1. The molecule has 0 fully saturated rings. The van der Waals surface area contributed by atoms with Crippen LogP contribution in [0.25, 0.3) is 0 Å². The predicted molar refractivity (Wildman–Crippen MR) is 60.4 cm³/mol. The van der Waals surface area contributed by atoms with Crippen molar-refractivity contribution in [3.63, 3.8) is 0 Å². The number of nitrogens with one attached hydrogen (secondary N) is 1. The summed E-state index contributed by atoms with van der Waals surface area (Å²) in [5, 5.41) is 6.56. The van der Waals surface area contributed by atoms with Gasteiger partial charge < -0.3 is 5.73 Å². The first-order chi connectivity index (χ1) is 6.32. The number of hydrogen-bond donors (Lipinski definition) is 2. The van der Waals surface area contributed by atoms with Gasteiger partial charge in [-0.25, -0.2) is 5.10 Å². The van der Waals surface area contributed by atoms with Gasteiger partial charge in [0.15, 0.2) is 4.77 Å². The number of hydrogen-bond acceptors (Lipinski definition) is 3. The van der Waals surface area contributed by atoms with Crippen LogP contribution in [0.4, 0.5) is 5.95 Å².